The molecule has 0 N–H and O–H groups in total. The van der Waals surface area contributed by atoms with Crippen LogP contribution in [-0.4, -0.2) is 18.8 Å². The molecular weight excluding hydrogens is 208 g/mol. The Morgan fingerprint density at radius 1 is 1.47 bits per heavy atom. The van der Waals surface area contributed by atoms with E-state index < -0.39 is 0 Å². The summed E-state index contributed by atoms with van der Waals surface area (Å²) in [5.74, 6) is -0.165. The minimum absolute atomic E-state index is 0.165. The zero-order valence-electron chi connectivity index (χ0n) is 9.41. The van der Waals surface area contributed by atoms with Crippen LogP contribution in [0.1, 0.15) is 19.8 Å². The van der Waals surface area contributed by atoms with Gasteiger partial charge in [0, 0.05) is 11.3 Å². The fourth-order valence-electron chi connectivity index (χ4n) is 1.06. The van der Waals surface area contributed by atoms with Gasteiger partial charge in [0.2, 0.25) is 0 Å². The summed E-state index contributed by atoms with van der Waals surface area (Å²) in [4.78, 5) is 12.1. The summed E-state index contributed by atoms with van der Waals surface area (Å²) in [6, 6.07) is 0. The summed E-state index contributed by atoms with van der Waals surface area (Å²) in [6.45, 7) is 9.79. The van der Waals surface area contributed by atoms with Crippen molar-refractivity contribution >= 4 is 17.7 Å². The topological polar surface area (TPSA) is 26.3 Å². The molecule has 0 aliphatic heterocycles. The van der Waals surface area contributed by atoms with Crippen LogP contribution in [0.2, 0.25) is 0 Å². The summed E-state index contributed by atoms with van der Waals surface area (Å²) < 4.78 is 4.86. The minimum Gasteiger partial charge on any atom is -0.466 e. The number of ether oxygens (including phenoxy) is 1. The summed E-state index contributed by atoms with van der Waals surface area (Å²) >= 11 is 1.58. The average Bonchev–Trinajstić information content (AvgIpc) is 2.23. The van der Waals surface area contributed by atoms with Crippen LogP contribution in [0.3, 0.4) is 0 Å². The van der Waals surface area contributed by atoms with Crippen molar-refractivity contribution < 1.29 is 9.53 Å². The molecule has 2 nitrogen and oxygen atoms in total. The van der Waals surface area contributed by atoms with Crippen LogP contribution in [0, 0.1) is 0 Å². The normalized spacial score (nSPS) is 10.9. The van der Waals surface area contributed by atoms with Gasteiger partial charge in [0.15, 0.2) is 0 Å². The maximum atomic E-state index is 11.2. The van der Waals surface area contributed by atoms with Crippen LogP contribution in [-0.2, 0) is 9.53 Å². The van der Waals surface area contributed by atoms with E-state index >= 15 is 0 Å². The van der Waals surface area contributed by atoms with Crippen molar-refractivity contribution in [1.82, 2.24) is 0 Å². The van der Waals surface area contributed by atoms with Crippen molar-refractivity contribution in [3.05, 3.63) is 35.8 Å². The summed E-state index contributed by atoms with van der Waals surface area (Å²) in [5, 5.41) is 0. The Morgan fingerprint density at radius 2 is 2.13 bits per heavy atom. The highest BCUT2D eigenvalue weighted by Gasteiger charge is 2.06. The SMILES string of the molecule is C=C/C=C(/CCC(=O)OCC)C(=C)SC. The van der Waals surface area contributed by atoms with Gasteiger partial charge >= 0.3 is 5.97 Å². The first kappa shape index (κ1) is 14.0. The largest absolute Gasteiger partial charge is 0.466 e. The van der Waals surface area contributed by atoms with E-state index in [0.29, 0.717) is 19.4 Å². The number of hydrogen-bond acceptors (Lipinski definition) is 3. The molecule has 0 saturated heterocycles. The van der Waals surface area contributed by atoms with Crippen molar-refractivity contribution in [2.75, 3.05) is 12.9 Å². The molecule has 0 spiro atoms. The van der Waals surface area contributed by atoms with Gasteiger partial charge in [-0.25, -0.2) is 0 Å². The van der Waals surface area contributed by atoms with Crippen molar-refractivity contribution in [2.45, 2.75) is 19.8 Å². The lowest BCUT2D eigenvalue weighted by Gasteiger charge is -2.07. The predicted octanol–water partition coefficient (Wildman–Crippen LogP) is 3.32. The van der Waals surface area contributed by atoms with Crippen LogP contribution in [0.15, 0.2) is 35.8 Å². The zero-order valence-corrected chi connectivity index (χ0v) is 10.2. The van der Waals surface area contributed by atoms with Crippen LogP contribution < -0.4 is 0 Å². The fourth-order valence-corrected chi connectivity index (χ4v) is 1.49. The van der Waals surface area contributed by atoms with E-state index in [0.717, 1.165) is 10.5 Å². The summed E-state index contributed by atoms with van der Waals surface area (Å²) in [5.41, 5.74) is 1.05. The molecule has 0 bridgehead atoms. The van der Waals surface area contributed by atoms with E-state index in [2.05, 4.69) is 13.2 Å². The van der Waals surface area contributed by atoms with E-state index in [1.807, 2.05) is 12.3 Å². The summed E-state index contributed by atoms with van der Waals surface area (Å²) in [7, 11) is 0. The molecule has 0 aromatic carbocycles. The minimum atomic E-state index is -0.165. The predicted molar refractivity (Wildman–Crippen MR) is 66.8 cm³/mol. The van der Waals surface area contributed by atoms with Gasteiger partial charge in [-0.05, 0) is 25.2 Å². The molecule has 0 unspecified atom stereocenters. The maximum absolute atomic E-state index is 11.2. The number of rotatable bonds is 7. The molecule has 15 heavy (non-hydrogen) atoms. The second-order valence-corrected chi connectivity index (χ2v) is 3.76. The molecule has 84 valence electrons. The third-order valence-corrected chi connectivity index (χ3v) is 2.58. The molecule has 0 aromatic heterocycles. The Morgan fingerprint density at radius 3 is 2.60 bits per heavy atom. The molecule has 0 radical (unpaired) electrons. The first-order chi connectivity index (χ1) is 7.15. The molecule has 0 aliphatic rings. The van der Waals surface area contributed by atoms with Gasteiger partial charge < -0.3 is 4.74 Å². The maximum Gasteiger partial charge on any atom is 0.306 e. The second-order valence-electron chi connectivity index (χ2n) is 2.86. The lowest BCUT2D eigenvalue weighted by Crippen LogP contribution is -2.04. The Bertz CT molecular complexity index is 267. The molecule has 0 saturated carbocycles. The highest BCUT2D eigenvalue weighted by molar-refractivity contribution is 8.02. The molecule has 0 amide bonds. The van der Waals surface area contributed by atoms with Crippen LogP contribution >= 0.6 is 11.8 Å². The third kappa shape index (κ3) is 6.18. The van der Waals surface area contributed by atoms with Crippen LogP contribution in [0.25, 0.3) is 0 Å². The third-order valence-electron chi connectivity index (χ3n) is 1.83. The lowest BCUT2D eigenvalue weighted by atomic mass is 10.1. The number of hydrogen-bond donors (Lipinski definition) is 0. The molecule has 0 aromatic rings. The van der Waals surface area contributed by atoms with E-state index in [1.54, 1.807) is 24.8 Å². The Hall–Kier alpha value is -0.960. The van der Waals surface area contributed by atoms with Gasteiger partial charge in [0.1, 0.15) is 0 Å². The van der Waals surface area contributed by atoms with Gasteiger partial charge in [0.25, 0.3) is 0 Å². The van der Waals surface area contributed by atoms with Crippen LogP contribution in [0.5, 0.6) is 0 Å². The van der Waals surface area contributed by atoms with E-state index in [9.17, 15) is 4.79 Å². The van der Waals surface area contributed by atoms with Gasteiger partial charge in [-0.1, -0.05) is 25.3 Å². The smallest absolute Gasteiger partial charge is 0.306 e. The monoisotopic (exact) mass is 226 g/mol. The van der Waals surface area contributed by atoms with E-state index in [-0.39, 0.29) is 5.97 Å². The van der Waals surface area contributed by atoms with Gasteiger partial charge in [-0.2, -0.15) is 0 Å². The standard InChI is InChI=1S/C12H18O2S/c1-5-7-11(10(3)15-4)8-9-12(13)14-6-2/h5,7H,1,3,6,8-9H2,2,4H3/b11-7-. The molecule has 0 atom stereocenters. The molecule has 0 rings (SSSR count). The molecule has 0 heterocycles. The average molecular weight is 226 g/mol. The van der Waals surface area contributed by atoms with Gasteiger partial charge in [0.05, 0.1) is 6.61 Å². The second kappa shape index (κ2) is 8.36. The fraction of sp³-hybridized carbons (Fsp3) is 0.417. The molecule has 3 heteroatoms. The summed E-state index contributed by atoms with van der Waals surface area (Å²) in [6.07, 6.45) is 6.61. The Labute approximate surface area is 96.1 Å². The lowest BCUT2D eigenvalue weighted by molar-refractivity contribution is -0.143. The number of carbonyl (C=O) groups is 1. The number of esters is 1. The van der Waals surface area contributed by atoms with Crippen molar-refractivity contribution in [2.24, 2.45) is 0 Å². The van der Waals surface area contributed by atoms with Crippen molar-refractivity contribution in [3.8, 4) is 0 Å². The van der Waals surface area contributed by atoms with E-state index in [4.69, 9.17) is 4.74 Å². The molecule has 0 aliphatic carbocycles. The first-order valence-electron chi connectivity index (χ1n) is 4.86. The Kier molecular flexibility index (Phi) is 7.82. The quantitative estimate of drug-likeness (QED) is 0.492. The van der Waals surface area contributed by atoms with Crippen LogP contribution in [0.4, 0.5) is 0 Å². The first-order valence-corrected chi connectivity index (χ1v) is 6.08. The highest BCUT2D eigenvalue weighted by Crippen LogP contribution is 2.23. The van der Waals surface area contributed by atoms with Gasteiger partial charge in [-0.15, -0.1) is 11.8 Å². The molecule has 0 fully saturated rings. The van der Waals surface area contributed by atoms with Crippen molar-refractivity contribution in [3.63, 3.8) is 0 Å². The Balaban J connectivity index is 4.20. The number of allylic oxidation sites excluding steroid dienone is 3. The number of carbonyl (C=O) groups excluding carboxylic acids is 1. The molecular formula is C12H18O2S. The van der Waals surface area contributed by atoms with E-state index in [1.165, 1.54) is 0 Å². The van der Waals surface area contributed by atoms with Gasteiger partial charge in [-0.3, -0.25) is 4.79 Å². The number of thioether (sulfide) groups is 1. The van der Waals surface area contributed by atoms with Crippen molar-refractivity contribution in [1.29, 1.82) is 0 Å². The highest BCUT2D eigenvalue weighted by atomic mass is 32.2. The zero-order chi connectivity index (χ0) is 11.7.